The summed E-state index contributed by atoms with van der Waals surface area (Å²) in [4.78, 5) is 25.0. The van der Waals surface area contributed by atoms with Crippen LogP contribution >= 0.6 is 0 Å². The summed E-state index contributed by atoms with van der Waals surface area (Å²) in [6.07, 6.45) is -1.65. The maximum absolute atomic E-state index is 12.9. The zero-order valence-corrected chi connectivity index (χ0v) is 21.7. The fourth-order valence-corrected chi connectivity index (χ4v) is 3.93. The lowest BCUT2D eigenvalue weighted by Crippen LogP contribution is -2.42. The second kappa shape index (κ2) is 12.8. The van der Waals surface area contributed by atoms with E-state index in [0.29, 0.717) is 29.3 Å². The van der Waals surface area contributed by atoms with Crippen LogP contribution in [-0.4, -0.2) is 37.1 Å². The molecule has 37 heavy (non-hydrogen) atoms. The summed E-state index contributed by atoms with van der Waals surface area (Å²) in [5.74, 6) is 0.142. The number of hydrogen-bond donors (Lipinski definition) is 3. The van der Waals surface area contributed by atoms with Crippen LogP contribution in [0.3, 0.4) is 0 Å². The molecule has 0 spiro atoms. The van der Waals surface area contributed by atoms with Crippen molar-refractivity contribution in [3.8, 4) is 5.75 Å². The maximum Gasteiger partial charge on any atom is 0.513 e. The molecule has 0 bridgehead atoms. The van der Waals surface area contributed by atoms with E-state index in [2.05, 4.69) is 10.6 Å². The van der Waals surface area contributed by atoms with E-state index in [1.807, 2.05) is 62.4 Å². The Morgan fingerprint density at radius 1 is 0.973 bits per heavy atom. The third-order valence-corrected chi connectivity index (χ3v) is 5.97. The van der Waals surface area contributed by atoms with Gasteiger partial charge in [0.1, 0.15) is 29.8 Å². The quantitative estimate of drug-likeness (QED) is 0.406. The van der Waals surface area contributed by atoms with Crippen molar-refractivity contribution in [3.05, 3.63) is 88.6 Å². The molecule has 1 aliphatic rings. The Hall–Kier alpha value is -3.98. The van der Waals surface area contributed by atoms with Gasteiger partial charge in [0.05, 0.1) is 31.2 Å². The number of carbonyl (C=O) groups excluding carboxylic acids is 2. The molecule has 2 aromatic carbocycles. The molecule has 1 unspecified atom stereocenters. The molecule has 0 saturated heterocycles. The van der Waals surface area contributed by atoms with E-state index in [0.717, 1.165) is 5.56 Å². The summed E-state index contributed by atoms with van der Waals surface area (Å²) >= 11 is 0. The van der Waals surface area contributed by atoms with Crippen LogP contribution in [0, 0.1) is 5.92 Å². The molecule has 2 aromatic rings. The molecule has 0 fully saturated rings. The Morgan fingerprint density at radius 3 is 2.22 bits per heavy atom. The van der Waals surface area contributed by atoms with E-state index in [9.17, 15) is 14.7 Å². The van der Waals surface area contributed by atoms with Crippen LogP contribution in [0.1, 0.15) is 44.7 Å². The van der Waals surface area contributed by atoms with Crippen molar-refractivity contribution in [2.45, 2.75) is 46.3 Å². The molecule has 2 atom stereocenters. The van der Waals surface area contributed by atoms with Gasteiger partial charge in [0.15, 0.2) is 0 Å². The van der Waals surface area contributed by atoms with Gasteiger partial charge >= 0.3 is 12.2 Å². The topological polar surface area (TPSA) is 115 Å². The molecule has 9 heteroatoms. The van der Waals surface area contributed by atoms with Crippen molar-refractivity contribution in [2.75, 3.05) is 13.7 Å². The molecule has 0 saturated carbocycles. The predicted octanol–water partition coefficient (Wildman–Crippen LogP) is 4.94. The molecule has 3 N–H and O–H groups in total. The number of alkyl carbamates (subject to hydrolysis) is 1. The van der Waals surface area contributed by atoms with Crippen molar-refractivity contribution in [2.24, 2.45) is 5.92 Å². The van der Waals surface area contributed by atoms with Gasteiger partial charge in [-0.2, -0.15) is 0 Å². The first kappa shape index (κ1) is 27.6. The Labute approximate surface area is 217 Å². The Morgan fingerprint density at radius 2 is 1.59 bits per heavy atom. The van der Waals surface area contributed by atoms with Gasteiger partial charge < -0.3 is 34.7 Å². The van der Waals surface area contributed by atoms with E-state index in [1.165, 1.54) is 7.11 Å². The first-order valence-electron chi connectivity index (χ1n) is 12.0. The van der Waals surface area contributed by atoms with Crippen LogP contribution < -0.4 is 15.4 Å². The summed E-state index contributed by atoms with van der Waals surface area (Å²) in [6, 6.07) is 16.5. The van der Waals surface area contributed by atoms with Crippen LogP contribution in [-0.2, 0) is 20.8 Å². The molecule has 0 radical (unpaired) electrons. The number of ether oxygens (including phenoxy) is 4. The lowest BCUT2D eigenvalue weighted by atomic mass is 9.90. The van der Waals surface area contributed by atoms with Crippen molar-refractivity contribution < 1.29 is 33.6 Å². The smallest absolute Gasteiger partial charge is 0.489 e. The number of carbonyl (C=O) groups is 2. The Bertz CT molecular complexity index is 1160. The van der Waals surface area contributed by atoms with Gasteiger partial charge in [-0.3, -0.25) is 0 Å². The summed E-state index contributed by atoms with van der Waals surface area (Å²) in [5, 5.41) is 15.4. The maximum atomic E-state index is 12.9. The van der Waals surface area contributed by atoms with Gasteiger partial charge in [-0.25, -0.2) is 9.59 Å². The molecule has 0 aromatic heterocycles. The van der Waals surface area contributed by atoms with Gasteiger partial charge in [-0.15, -0.1) is 0 Å². The minimum atomic E-state index is -0.910. The average Bonchev–Trinajstić information content (AvgIpc) is 2.89. The number of aliphatic hydroxyl groups is 1. The molecule has 198 valence electrons. The highest BCUT2D eigenvalue weighted by Crippen LogP contribution is 2.43. The minimum absolute atomic E-state index is 0.0135. The average molecular weight is 511 g/mol. The van der Waals surface area contributed by atoms with E-state index < -0.39 is 24.2 Å². The highest BCUT2D eigenvalue weighted by molar-refractivity contribution is 5.70. The second-order valence-electron chi connectivity index (χ2n) is 8.97. The van der Waals surface area contributed by atoms with E-state index in [1.54, 1.807) is 19.9 Å². The number of benzene rings is 2. The van der Waals surface area contributed by atoms with Gasteiger partial charge in [0, 0.05) is 5.56 Å². The van der Waals surface area contributed by atoms with Gasteiger partial charge in [-0.1, -0.05) is 62.4 Å². The third kappa shape index (κ3) is 7.04. The van der Waals surface area contributed by atoms with Crippen molar-refractivity contribution in [3.63, 3.8) is 0 Å². The van der Waals surface area contributed by atoms with Gasteiger partial charge in [-0.05, 0) is 31.4 Å². The minimum Gasteiger partial charge on any atom is -0.489 e. The molecule has 1 heterocycles. The zero-order chi connectivity index (χ0) is 26.9. The van der Waals surface area contributed by atoms with E-state index >= 15 is 0 Å². The number of dihydropyridines is 1. The number of nitrogens with one attached hydrogen (secondary N) is 2. The highest BCUT2D eigenvalue weighted by atomic mass is 16.7. The number of amides is 1. The van der Waals surface area contributed by atoms with Crippen LogP contribution in [0.15, 0.2) is 77.5 Å². The van der Waals surface area contributed by atoms with E-state index in [-0.39, 0.29) is 24.0 Å². The van der Waals surface area contributed by atoms with Crippen LogP contribution in [0.4, 0.5) is 9.59 Å². The van der Waals surface area contributed by atoms with Gasteiger partial charge in [0.25, 0.3) is 0 Å². The van der Waals surface area contributed by atoms with Crippen molar-refractivity contribution in [1.29, 1.82) is 0 Å². The van der Waals surface area contributed by atoms with E-state index in [4.69, 9.17) is 18.9 Å². The number of aliphatic hydroxyl groups excluding tert-OH is 1. The monoisotopic (exact) mass is 510 g/mol. The molecular weight excluding hydrogens is 476 g/mol. The Kier molecular flexibility index (Phi) is 9.57. The standard InChI is InChI=1S/C28H34N2O7/c1-17(2)22(15-31)30-27(32)36-25-18(3)29-19(4)26(37-28(33)34-5)24(25)21-13-9-10-14-23(21)35-16-20-11-7-6-8-12-20/h6-14,17,22,24,29,31H,15-16H2,1-5H3,(H,30,32)/t22-,24?/m1/s1. The largest absolute Gasteiger partial charge is 0.513 e. The first-order valence-corrected chi connectivity index (χ1v) is 12.0. The van der Waals surface area contributed by atoms with Crippen LogP contribution in [0.25, 0.3) is 0 Å². The molecule has 3 rings (SSSR count). The summed E-state index contributed by atoms with van der Waals surface area (Å²) in [5.41, 5.74) is 2.71. The molecule has 1 aliphatic heterocycles. The number of hydrogen-bond acceptors (Lipinski definition) is 8. The van der Waals surface area contributed by atoms with Crippen LogP contribution in [0.5, 0.6) is 5.75 Å². The number of allylic oxidation sites excluding steroid dienone is 2. The fraction of sp³-hybridized carbons (Fsp3) is 0.357. The summed E-state index contributed by atoms with van der Waals surface area (Å²) < 4.78 is 22.3. The molecule has 9 nitrogen and oxygen atoms in total. The molecule has 0 aliphatic carbocycles. The van der Waals surface area contributed by atoms with Gasteiger partial charge in [0.2, 0.25) is 0 Å². The predicted molar refractivity (Wildman–Crippen MR) is 137 cm³/mol. The molecular formula is C28H34N2O7. The number of methoxy groups -OCH3 is 1. The zero-order valence-electron chi connectivity index (χ0n) is 21.7. The van der Waals surface area contributed by atoms with Crippen LogP contribution in [0.2, 0.25) is 0 Å². The normalized spacial score (nSPS) is 16.1. The number of rotatable bonds is 9. The summed E-state index contributed by atoms with van der Waals surface area (Å²) in [7, 11) is 1.22. The highest BCUT2D eigenvalue weighted by Gasteiger charge is 2.37. The summed E-state index contributed by atoms with van der Waals surface area (Å²) in [6.45, 7) is 7.34. The third-order valence-electron chi connectivity index (χ3n) is 5.97. The lowest BCUT2D eigenvalue weighted by molar-refractivity contribution is 0.0881. The fourth-order valence-electron chi connectivity index (χ4n) is 3.93. The SMILES string of the molecule is COC(=O)OC1=C(C)NC(C)=C(OC(=O)N[C@H](CO)C(C)C)C1c1ccccc1OCc1ccccc1. The molecule has 1 amide bonds. The van der Waals surface area contributed by atoms with Crippen molar-refractivity contribution in [1.82, 2.24) is 10.6 Å². The second-order valence-corrected chi connectivity index (χ2v) is 8.97. The lowest BCUT2D eigenvalue weighted by Gasteiger charge is -2.31. The Balaban J connectivity index is 2.01. The number of para-hydroxylation sites is 1. The van der Waals surface area contributed by atoms with Crippen molar-refractivity contribution >= 4 is 12.2 Å². The first-order chi connectivity index (χ1) is 17.7.